The molecule has 1 atom stereocenters. The van der Waals surface area contributed by atoms with E-state index in [-0.39, 0.29) is 6.04 Å². The predicted octanol–water partition coefficient (Wildman–Crippen LogP) is 3.16. The van der Waals surface area contributed by atoms with Crippen molar-refractivity contribution in [2.75, 3.05) is 6.54 Å². The van der Waals surface area contributed by atoms with Crippen LogP contribution in [0, 0.1) is 13.8 Å². The first-order valence-corrected chi connectivity index (χ1v) is 8.13. The summed E-state index contributed by atoms with van der Waals surface area (Å²) in [5.41, 5.74) is 4.18. The van der Waals surface area contributed by atoms with Crippen molar-refractivity contribution in [2.45, 2.75) is 46.7 Å². The standard InChI is InChI=1S/C15H22BrN5/c1-5-7-17-14(12-8-10(3)19-20-11(12)4)15-13(16)9-18-21(15)6-2/h8-9,14,17H,5-7H2,1-4H3. The Morgan fingerprint density at radius 3 is 2.71 bits per heavy atom. The zero-order valence-corrected chi connectivity index (χ0v) is 14.6. The number of rotatable bonds is 6. The molecule has 6 heteroatoms. The molecule has 0 aliphatic carbocycles. The lowest BCUT2D eigenvalue weighted by Crippen LogP contribution is -2.27. The molecule has 1 unspecified atom stereocenters. The van der Waals surface area contributed by atoms with Crippen molar-refractivity contribution >= 4 is 15.9 Å². The van der Waals surface area contributed by atoms with Gasteiger partial charge >= 0.3 is 0 Å². The Balaban J connectivity index is 2.52. The molecule has 1 N–H and O–H groups in total. The number of aryl methyl sites for hydroxylation is 3. The number of hydrogen-bond acceptors (Lipinski definition) is 4. The van der Waals surface area contributed by atoms with E-state index in [0.717, 1.165) is 46.6 Å². The van der Waals surface area contributed by atoms with E-state index in [1.54, 1.807) is 0 Å². The first-order valence-electron chi connectivity index (χ1n) is 7.33. The lowest BCUT2D eigenvalue weighted by Gasteiger charge is -2.22. The molecule has 5 nitrogen and oxygen atoms in total. The lowest BCUT2D eigenvalue weighted by molar-refractivity contribution is 0.524. The number of halogens is 1. The van der Waals surface area contributed by atoms with Crippen LogP contribution >= 0.6 is 15.9 Å². The van der Waals surface area contributed by atoms with Crippen LogP contribution in [-0.4, -0.2) is 26.5 Å². The highest BCUT2D eigenvalue weighted by Gasteiger charge is 2.23. The van der Waals surface area contributed by atoms with Crippen molar-refractivity contribution in [1.29, 1.82) is 0 Å². The maximum atomic E-state index is 4.43. The minimum absolute atomic E-state index is 0.0657. The van der Waals surface area contributed by atoms with E-state index < -0.39 is 0 Å². The summed E-state index contributed by atoms with van der Waals surface area (Å²) in [6.07, 6.45) is 2.93. The molecule has 2 aromatic heterocycles. The smallest absolute Gasteiger partial charge is 0.0778 e. The molecule has 0 spiro atoms. The van der Waals surface area contributed by atoms with E-state index >= 15 is 0 Å². The highest BCUT2D eigenvalue weighted by molar-refractivity contribution is 9.10. The van der Waals surface area contributed by atoms with Gasteiger partial charge in [-0.2, -0.15) is 15.3 Å². The van der Waals surface area contributed by atoms with Gasteiger partial charge in [-0.1, -0.05) is 6.92 Å². The third kappa shape index (κ3) is 3.49. The molecule has 0 saturated carbocycles. The Morgan fingerprint density at radius 1 is 1.29 bits per heavy atom. The molecule has 0 saturated heterocycles. The van der Waals surface area contributed by atoms with Crippen LogP contribution in [0.1, 0.15) is 49.0 Å². The number of hydrogen-bond donors (Lipinski definition) is 1. The second-order valence-electron chi connectivity index (χ2n) is 5.11. The highest BCUT2D eigenvalue weighted by atomic mass is 79.9. The zero-order chi connectivity index (χ0) is 15.4. The van der Waals surface area contributed by atoms with Crippen LogP contribution in [0.3, 0.4) is 0 Å². The molecule has 0 bridgehead atoms. The molecule has 21 heavy (non-hydrogen) atoms. The van der Waals surface area contributed by atoms with Crippen molar-refractivity contribution in [3.05, 3.63) is 39.4 Å². The van der Waals surface area contributed by atoms with Crippen LogP contribution in [0.5, 0.6) is 0 Å². The summed E-state index contributed by atoms with van der Waals surface area (Å²) in [7, 11) is 0. The Morgan fingerprint density at radius 2 is 2.05 bits per heavy atom. The molecule has 0 aliphatic heterocycles. The molecule has 2 rings (SSSR count). The summed E-state index contributed by atoms with van der Waals surface area (Å²) in [5, 5.41) is 16.5. The molecular formula is C15H22BrN5. The van der Waals surface area contributed by atoms with Crippen LogP contribution in [0.25, 0.3) is 0 Å². The number of aromatic nitrogens is 4. The highest BCUT2D eigenvalue weighted by Crippen LogP contribution is 2.30. The maximum Gasteiger partial charge on any atom is 0.0778 e. The van der Waals surface area contributed by atoms with Crippen LogP contribution in [-0.2, 0) is 6.54 Å². The van der Waals surface area contributed by atoms with Gasteiger partial charge in [-0.05, 0) is 55.7 Å². The molecule has 2 heterocycles. The Hall–Kier alpha value is -1.27. The molecule has 0 amide bonds. The first kappa shape index (κ1) is 16.1. The summed E-state index contributed by atoms with van der Waals surface area (Å²) >= 11 is 3.63. The predicted molar refractivity (Wildman–Crippen MR) is 87.2 cm³/mol. The van der Waals surface area contributed by atoms with Gasteiger partial charge in [-0.3, -0.25) is 4.68 Å². The molecule has 0 fully saturated rings. The third-order valence-corrected chi connectivity index (χ3v) is 4.07. The van der Waals surface area contributed by atoms with Gasteiger partial charge in [0.2, 0.25) is 0 Å². The normalized spacial score (nSPS) is 12.6. The number of nitrogens with zero attached hydrogens (tertiary/aromatic N) is 4. The zero-order valence-electron chi connectivity index (χ0n) is 13.0. The second-order valence-corrected chi connectivity index (χ2v) is 5.96. The molecule has 0 aliphatic rings. The van der Waals surface area contributed by atoms with Gasteiger partial charge < -0.3 is 5.32 Å². The van der Waals surface area contributed by atoms with Gasteiger partial charge in [0.05, 0.1) is 33.8 Å². The van der Waals surface area contributed by atoms with E-state index in [1.165, 1.54) is 0 Å². The van der Waals surface area contributed by atoms with Crippen molar-refractivity contribution in [2.24, 2.45) is 0 Å². The van der Waals surface area contributed by atoms with Crippen LogP contribution in [0.15, 0.2) is 16.7 Å². The summed E-state index contributed by atoms with van der Waals surface area (Å²) in [6, 6.07) is 2.17. The van der Waals surface area contributed by atoms with Crippen molar-refractivity contribution in [3.8, 4) is 0 Å². The SMILES string of the molecule is CCCNC(c1cc(C)nnc1C)c1c(Br)cnn1CC. The fourth-order valence-corrected chi connectivity index (χ4v) is 2.94. The van der Waals surface area contributed by atoms with E-state index in [0.29, 0.717) is 0 Å². The van der Waals surface area contributed by atoms with Crippen LogP contribution < -0.4 is 5.32 Å². The topological polar surface area (TPSA) is 55.6 Å². The van der Waals surface area contributed by atoms with Crippen molar-refractivity contribution < 1.29 is 0 Å². The van der Waals surface area contributed by atoms with Crippen LogP contribution in [0.4, 0.5) is 0 Å². The molecule has 0 aromatic carbocycles. The van der Waals surface area contributed by atoms with Crippen LogP contribution in [0.2, 0.25) is 0 Å². The van der Waals surface area contributed by atoms with E-state index in [1.807, 2.05) is 24.7 Å². The minimum Gasteiger partial charge on any atom is -0.305 e. The first-order chi connectivity index (χ1) is 10.1. The van der Waals surface area contributed by atoms with Gasteiger partial charge in [0.25, 0.3) is 0 Å². The summed E-state index contributed by atoms with van der Waals surface area (Å²) < 4.78 is 3.04. The van der Waals surface area contributed by atoms with E-state index in [4.69, 9.17) is 0 Å². The van der Waals surface area contributed by atoms with Gasteiger partial charge in [0.15, 0.2) is 0 Å². The van der Waals surface area contributed by atoms with Gasteiger partial charge in [-0.15, -0.1) is 0 Å². The number of nitrogens with one attached hydrogen (secondary N) is 1. The maximum absolute atomic E-state index is 4.43. The van der Waals surface area contributed by atoms with Gasteiger partial charge in [0.1, 0.15) is 0 Å². The fourth-order valence-electron chi connectivity index (χ4n) is 2.42. The molecule has 114 valence electrons. The summed E-state index contributed by atoms with van der Waals surface area (Å²) in [6.45, 7) is 10.0. The Labute approximate surface area is 134 Å². The van der Waals surface area contributed by atoms with E-state index in [2.05, 4.69) is 56.5 Å². The van der Waals surface area contributed by atoms with Gasteiger partial charge in [-0.25, -0.2) is 0 Å². The summed E-state index contributed by atoms with van der Waals surface area (Å²) in [4.78, 5) is 0. The average Bonchev–Trinajstić information content (AvgIpc) is 2.84. The lowest BCUT2D eigenvalue weighted by atomic mass is 10.0. The largest absolute Gasteiger partial charge is 0.305 e. The molecular weight excluding hydrogens is 330 g/mol. The third-order valence-electron chi connectivity index (χ3n) is 3.46. The average molecular weight is 352 g/mol. The Kier molecular flexibility index (Phi) is 5.47. The monoisotopic (exact) mass is 351 g/mol. The van der Waals surface area contributed by atoms with Crippen molar-refractivity contribution in [1.82, 2.24) is 25.3 Å². The summed E-state index contributed by atoms with van der Waals surface area (Å²) in [5.74, 6) is 0. The quantitative estimate of drug-likeness (QED) is 0.868. The fraction of sp³-hybridized carbons (Fsp3) is 0.533. The Bertz CT molecular complexity index is 608. The molecule has 0 radical (unpaired) electrons. The molecule has 2 aromatic rings. The van der Waals surface area contributed by atoms with Crippen molar-refractivity contribution in [3.63, 3.8) is 0 Å². The second kappa shape index (κ2) is 7.13. The van der Waals surface area contributed by atoms with E-state index in [9.17, 15) is 0 Å². The van der Waals surface area contributed by atoms with Gasteiger partial charge in [0, 0.05) is 12.1 Å². The minimum atomic E-state index is 0.0657.